The van der Waals surface area contributed by atoms with Crippen LogP contribution in [0.5, 0.6) is 0 Å². The molecule has 6 rings (SSSR count). The van der Waals surface area contributed by atoms with Gasteiger partial charge in [0.05, 0.1) is 29.0 Å². The van der Waals surface area contributed by atoms with Gasteiger partial charge in [-0.3, -0.25) is 4.79 Å². The molecule has 2 heterocycles. The molecule has 0 bridgehead atoms. The number of aromatic nitrogens is 1. The highest BCUT2D eigenvalue weighted by Gasteiger charge is 2.38. The number of benzene rings is 4. The summed E-state index contributed by atoms with van der Waals surface area (Å²) in [5, 5.41) is 12.5. The van der Waals surface area contributed by atoms with E-state index in [9.17, 15) is 9.90 Å². The average molecular weight is 583 g/mol. The molecule has 6 nitrogen and oxygen atoms in total. The summed E-state index contributed by atoms with van der Waals surface area (Å²) in [7, 11) is 0. The van der Waals surface area contributed by atoms with Crippen LogP contribution in [0.2, 0.25) is 0 Å². The number of nitrogens with one attached hydrogen (secondary N) is 1. The third kappa shape index (κ3) is 6.37. The molecule has 1 aliphatic heterocycles. The maximum Gasteiger partial charge on any atom is 0.255 e. The van der Waals surface area contributed by atoms with Gasteiger partial charge in [0.15, 0.2) is 10.6 Å². The summed E-state index contributed by atoms with van der Waals surface area (Å²) >= 11 is 3.40. The van der Waals surface area contributed by atoms with Crippen LogP contribution in [0.15, 0.2) is 107 Å². The molecular weight excluding hydrogens is 553 g/mol. The van der Waals surface area contributed by atoms with E-state index in [0.29, 0.717) is 11.3 Å². The first-order valence-electron chi connectivity index (χ1n) is 13.5. The predicted octanol–water partition coefficient (Wildman–Crippen LogP) is 7.62. The Morgan fingerprint density at radius 2 is 1.71 bits per heavy atom. The maximum absolute atomic E-state index is 12.8. The molecule has 4 atom stereocenters. The molecule has 1 aromatic heterocycles. The number of hydrogen-bond acceptors (Lipinski definition) is 7. The van der Waals surface area contributed by atoms with E-state index in [4.69, 9.17) is 14.5 Å². The molecule has 4 unspecified atom stereocenters. The van der Waals surface area contributed by atoms with E-state index in [-0.39, 0.29) is 30.6 Å². The lowest BCUT2D eigenvalue weighted by atomic mass is 9.91. The van der Waals surface area contributed by atoms with Crippen molar-refractivity contribution >= 4 is 44.9 Å². The number of thioether (sulfide) groups is 1. The fourth-order valence-corrected chi connectivity index (χ4v) is 7.19. The Kier molecular flexibility index (Phi) is 8.46. The van der Waals surface area contributed by atoms with Crippen LogP contribution in [0.1, 0.15) is 46.4 Å². The van der Waals surface area contributed by atoms with Crippen molar-refractivity contribution in [1.82, 2.24) is 4.98 Å². The van der Waals surface area contributed by atoms with Gasteiger partial charge in [-0.15, -0.1) is 11.3 Å². The standard InChI is InChI=1S/C33H30N2O4S2/c1-21-28(20-40-33-35-27-12-5-6-13-29(27)41-33)38-32(39-30(21)23-16-14-22(19-36)15-17-23)25-10-7-11-26(18-25)34-31(37)24-8-3-2-4-9-24/h2-18,21,28,30,32,36H,19-20H2,1H3,(H,34,37). The second-order valence-corrected chi connectivity index (χ2v) is 12.3. The summed E-state index contributed by atoms with van der Waals surface area (Å²) in [5.74, 6) is 0.610. The molecule has 208 valence electrons. The smallest absolute Gasteiger partial charge is 0.255 e. The number of carbonyl (C=O) groups excluding carboxylic acids is 1. The molecule has 2 N–H and O–H groups in total. The molecule has 1 amide bonds. The Morgan fingerprint density at radius 3 is 2.49 bits per heavy atom. The molecule has 0 saturated carbocycles. The summed E-state index contributed by atoms with van der Waals surface area (Å²) in [4.78, 5) is 17.6. The minimum atomic E-state index is -0.622. The van der Waals surface area contributed by atoms with E-state index < -0.39 is 6.29 Å². The Bertz CT molecular complexity index is 1590. The zero-order valence-corrected chi connectivity index (χ0v) is 24.1. The Hall–Kier alpha value is -3.53. The molecule has 41 heavy (non-hydrogen) atoms. The van der Waals surface area contributed by atoms with Gasteiger partial charge in [-0.1, -0.05) is 85.4 Å². The van der Waals surface area contributed by atoms with Crippen molar-refractivity contribution in [1.29, 1.82) is 0 Å². The van der Waals surface area contributed by atoms with Gasteiger partial charge in [-0.2, -0.15) is 0 Å². The summed E-state index contributed by atoms with van der Waals surface area (Å²) in [6, 6.07) is 32.8. The Morgan fingerprint density at radius 1 is 0.927 bits per heavy atom. The highest BCUT2D eigenvalue weighted by Crippen LogP contribution is 2.43. The van der Waals surface area contributed by atoms with Crippen LogP contribution in [0, 0.1) is 5.92 Å². The average Bonchev–Trinajstić information content (AvgIpc) is 3.44. The fourth-order valence-electron chi connectivity index (χ4n) is 4.93. The number of para-hydroxylation sites is 1. The number of aliphatic hydroxyl groups excluding tert-OH is 1. The quantitative estimate of drug-likeness (QED) is 0.183. The van der Waals surface area contributed by atoms with Crippen molar-refractivity contribution in [2.45, 2.75) is 36.4 Å². The van der Waals surface area contributed by atoms with Crippen LogP contribution >= 0.6 is 23.1 Å². The van der Waals surface area contributed by atoms with E-state index in [1.807, 2.05) is 84.9 Å². The van der Waals surface area contributed by atoms with E-state index >= 15 is 0 Å². The number of hydrogen-bond donors (Lipinski definition) is 2. The van der Waals surface area contributed by atoms with Crippen LogP contribution in [0.3, 0.4) is 0 Å². The van der Waals surface area contributed by atoms with E-state index in [0.717, 1.165) is 32.3 Å². The second kappa shape index (κ2) is 12.5. The van der Waals surface area contributed by atoms with Crippen molar-refractivity contribution in [2.24, 2.45) is 5.92 Å². The molecule has 1 aliphatic rings. The lowest BCUT2D eigenvalue weighted by molar-refractivity contribution is -0.268. The molecule has 1 fully saturated rings. The van der Waals surface area contributed by atoms with Crippen LogP contribution in [0.4, 0.5) is 5.69 Å². The first-order valence-corrected chi connectivity index (χ1v) is 15.3. The molecule has 1 saturated heterocycles. The second-order valence-electron chi connectivity index (χ2n) is 10.0. The molecule has 0 aliphatic carbocycles. The largest absolute Gasteiger partial charge is 0.392 e. The van der Waals surface area contributed by atoms with Crippen LogP contribution < -0.4 is 5.32 Å². The van der Waals surface area contributed by atoms with Crippen LogP contribution in [-0.4, -0.2) is 27.9 Å². The summed E-state index contributed by atoms with van der Waals surface area (Å²) in [5.41, 5.74) is 4.99. The molecule has 5 aromatic rings. The van der Waals surface area contributed by atoms with Gasteiger partial charge in [-0.05, 0) is 47.5 Å². The van der Waals surface area contributed by atoms with E-state index in [1.165, 1.54) is 4.70 Å². The Labute approximate surface area is 247 Å². The van der Waals surface area contributed by atoms with Gasteiger partial charge in [0.25, 0.3) is 5.91 Å². The number of carbonyl (C=O) groups is 1. The van der Waals surface area contributed by atoms with Crippen molar-refractivity contribution in [3.63, 3.8) is 0 Å². The first-order chi connectivity index (χ1) is 20.1. The number of nitrogens with zero attached hydrogens (tertiary/aromatic N) is 1. The Balaban J connectivity index is 1.24. The van der Waals surface area contributed by atoms with Gasteiger partial charge >= 0.3 is 0 Å². The number of fused-ring (bicyclic) bond motifs is 1. The van der Waals surface area contributed by atoms with E-state index in [2.05, 4.69) is 18.3 Å². The third-order valence-corrected chi connectivity index (χ3v) is 9.49. The number of thiazole rings is 1. The van der Waals surface area contributed by atoms with Gasteiger partial charge < -0.3 is 19.9 Å². The number of rotatable bonds is 8. The summed E-state index contributed by atoms with van der Waals surface area (Å²) in [6.45, 7) is 2.15. The van der Waals surface area contributed by atoms with Crippen molar-refractivity contribution in [3.8, 4) is 0 Å². The highest BCUT2D eigenvalue weighted by atomic mass is 32.2. The fraction of sp³-hybridized carbons (Fsp3) is 0.212. The number of amides is 1. The van der Waals surface area contributed by atoms with Crippen LogP contribution in [0.25, 0.3) is 10.2 Å². The molecule has 0 radical (unpaired) electrons. The summed E-state index contributed by atoms with van der Waals surface area (Å²) in [6.07, 6.45) is -0.955. The molecule has 8 heteroatoms. The predicted molar refractivity (Wildman–Crippen MR) is 164 cm³/mol. The SMILES string of the molecule is CC1C(CSc2nc3ccccc3s2)OC(c2cccc(NC(=O)c3ccccc3)c2)OC1c1ccc(CO)cc1. The highest BCUT2D eigenvalue weighted by molar-refractivity contribution is 8.01. The number of aliphatic hydroxyl groups is 1. The normalized spacial score (nSPS) is 20.6. The molecule has 4 aromatic carbocycles. The van der Waals surface area contributed by atoms with Gasteiger partial charge in [0.1, 0.15) is 0 Å². The third-order valence-electron chi connectivity index (χ3n) is 7.22. The number of anilines is 1. The van der Waals surface area contributed by atoms with Crippen LogP contribution in [-0.2, 0) is 16.1 Å². The topological polar surface area (TPSA) is 80.7 Å². The summed E-state index contributed by atoms with van der Waals surface area (Å²) < 4.78 is 15.4. The van der Waals surface area contributed by atoms with E-state index in [1.54, 1.807) is 35.2 Å². The van der Waals surface area contributed by atoms with Gasteiger partial charge in [0.2, 0.25) is 0 Å². The van der Waals surface area contributed by atoms with Gasteiger partial charge in [-0.25, -0.2) is 4.98 Å². The minimum absolute atomic E-state index is 0.00395. The van der Waals surface area contributed by atoms with Crippen molar-refractivity contribution < 1.29 is 19.4 Å². The minimum Gasteiger partial charge on any atom is -0.392 e. The number of ether oxygens (including phenoxy) is 2. The van der Waals surface area contributed by atoms with Crippen molar-refractivity contribution in [3.05, 3.63) is 125 Å². The first kappa shape index (κ1) is 27.6. The molecule has 0 spiro atoms. The zero-order chi connectivity index (χ0) is 28.2. The monoisotopic (exact) mass is 582 g/mol. The maximum atomic E-state index is 12.8. The lowest BCUT2D eigenvalue weighted by Gasteiger charge is -2.41. The zero-order valence-electron chi connectivity index (χ0n) is 22.5. The van der Waals surface area contributed by atoms with Gasteiger partial charge in [0, 0.05) is 28.5 Å². The van der Waals surface area contributed by atoms with Crippen molar-refractivity contribution in [2.75, 3.05) is 11.1 Å². The molecular formula is C33H30N2O4S2. The lowest BCUT2D eigenvalue weighted by Crippen LogP contribution is -2.38.